The molecule has 0 aliphatic heterocycles. The number of hydrogen-bond donors (Lipinski definition) is 2. The SMILES string of the molecule is COc1ccc(C#N)c(C2CC2C(=O)Nc2cc(NCc3cn4cc(C5CC5)ccc4n3)ccn2)c1. The van der Waals surface area contributed by atoms with E-state index in [0.29, 0.717) is 36.0 Å². The maximum Gasteiger partial charge on any atom is 0.229 e. The minimum absolute atomic E-state index is 0.00605. The summed E-state index contributed by atoms with van der Waals surface area (Å²) in [5.41, 5.74) is 5.55. The predicted octanol–water partition coefficient (Wildman–Crippen LogP) is 4.84. The van der Waals surface area contributed by atoms with Crippen LogP contribution in [-0.4, -0.2) is 27.4 Å². The number of benzene rings is 1. The van der Waals surface area contributed by atoms with Gasteiger partial charge in [-0.05, 0) is 72.6 Å². The number of nitrogens with zero attached hydrogens (tertiary/aromatic N) is 4. The average Bonchev–Trinajstić information content (AvgIpc) is 3.83. The van der Waals surface area contributed by atoms with Gasteiger partial charge in [0.15, 0.2) is 0 Å². The second-order valence-electron chi connectivity index (χ2n) is 9.52. The number of hydrogen-bond acceptors (Lipinski definition) is 6. The van der Waals surface area contributed by atoms with Crippen LogP contribution in [0.1, 0.15) is 53.5 Å². The monoisotopic (exact) mass is 478 g/mol. The Labute approximate surface area is 209 Å². The quantitative estimate of drug-likeness (QED) is 0.375. The fourth-order valence-electron chi connectivity index (χ4n) is 4.73. The second kappa shape index (κ2) is 9.00. The van der Waals surface area contributed by atoms with Gasteiger partial charge in [-0.3, -0.25) is 4.79 Å². The number of anilines is 2. The molecule has 2 N–H and O–H groups in total. The maximum absolute atomic E-state index is 12.9. The molecule has 3 aromatic heterocycles. The third kappa shape index (κ3) is 4.48. The van der Waals surface area contributed by atoms with Crippen molar-refractivity contribution in [2.24, 2.45) is 5.92 Å². The number of pyridine rings is 2. The Kier molecular flexibility index (Phi) is 5.53. The molecule has 180 valence electrons. The lowest BCUT2D eigenvalue weighted by atomic mass is 10.0. The Hall–Kier alpha value is -4.38. The van der Waals surface area contributed by atoms with Crippen molar-refractivity contribution in [2.45, 2.75) is 37.6 Å². The molecule has 4 aromatic rings. The third-order valence-corrected chi connectivity index (χ3v) is 6.96. The molecule has 2 aliphatic carbocycles. The number of carbonyl (C=O) groups is 1. The van der Waals surface area contributed by atoms with Gasteiger partial charge in [0, 0.05) is 36.3 Å². The maximum atomic E-state index is 12.9. The first-order chi connectivity index (χ1) is 17.6. The first-order valence-corrected chi connectivity index (χ1v) is 12.2. The summed E-state index contributed by atoms with van der Waals surface area (Å²) in [6.45, 7) is 0.565. The van der Waals surface area contributed by atoms with Crippen LogP contribution in [-0.2, 0) is 11.3 Å². The number of imidazole rings is 1. The number of carbonyl (C=O) groups excluding carboxylic acids is 1. The Morgan fingerprint density at radius 1 is 1.19 bits per heavy atom. The zero-order chi connectivity index (χ0) is 24.6. The fraction of sp³-hybridized carbons (Fsp3) is 0.286. The van der Waals surface area contributed by atoms with Crippen molar-refractivity contribution in [3.8, 4) is 11.8 Å². The van der Waals surface area contributed by atoms with E-state index in [0.717, 1.165) is 22.6 Å². The highest BCUT2D eigenvalue weighted by Crippen LogP contribution is 2.49. The van der Waals surface area contributed by atoms with E-state index in [1.807, 2.05) is 18.2 Å². The summed E-state index contributed by atoms with van der Waals surface area (Å²) in [6.07, 6.45) is 9.16. The van der Waals surface area contributed by atoms with Crippen molar-refractivity contribution >= 4 is 23.1 Å². The highest BCUT2D eigenvalue weighted by molar-refractivity contribution is 5.95. The number of nitriles is 1. The Morgan fingerprint density at radius 2 is 2.08 bits per heavy atom. The summed E-state index contributed by atoms with van der Waals surface area (Å²) < 4.78 is 7.39. The minimum atomic E-state index is -0.193. The Bertz CT molecular complexity index is 1500. The minimum Gasteiger partial charge on any atom is -0.497 e. The molecule has 1 amide bonds. The normalized spacial score (nSPS) is 18.4. The molecule has 0 radical (unpaired) electrons. The van der Waals surface area contributed by atoms with E-state index in [2.05, 4.69) is 50.6 Å². The van der Waals surface area contributed by atoms with Crippen LogP contribution >= 0.6 is 0 Å². The van der Waals surface area contributed by atoms with Crippen molar-refractivity contribution in [3.05, 3.63) is 83.4 Å². The lowest BCUT2D eigenvalue weighted by molar-refractivity contribution is -0.117. The van der Waals surface area contributed by atoms with Crippen LogP contribution < -0.4 is 15.4 Å². The van der Waals surface area contributed by atoms with Crippen LogP contribution in [0.15, 0.2) is 61.1 Å². The van der Waals surface area contributed by atoms with E-state index < -0.39 is 0 Å². The number of ether oxygens (including phenoxy) is 1. The van der Waals surface area contributed by atoms with Gasteiger partial charge in [0.1, 0.15) is 17.2 Å². The number of amides is 1. The molecule has 6 rings (SSSR count). The molecular weight excluding hydrogens is 452 g/mol. The smallest absolute Gasteiger partial charge is 0.229 e. The lowest BCUT2D eigenvalue weighted by Crippen LogP contribution is -2.16. The second-order valence-corrected chi connectivity index (χ2v) is 9.52. The predicted molar refractivity (Wildman–Crippen MR) is 136 cm³/mol. The largest absolute Gasteiger partial charge is 0.497 e. The van der Waals surface area contributed by atoms with Gasteiger partial charge in [-0.2, -0.15) is 5.26 Å². The van der Waals surface area contributed by atoms with E-state index in [-0.39, 0.29) is 17.7 Å². The van der Waals surface area contributed by atoms with Gasteiger partial charge in [0.05, 0.1) is 31.0 Å². The van der Waals surface area contributed by atoms with E-state index in [1.165, 1.54) is 18.4 Å². The number of nitrogens with one attached hydrogen (secondary N) is 2. The standard InChI is InChI=1S/C28H26N6O2/c1-36-22-6-4-18(13-29)23(11-22)24-12-25(24)28(35)33-26-10-20(8-9-30-26)31-14-21-16-34-15-19(17-2-3-17)5-7-27(34)32-21/h4-11,15-17,24-25H,2-3,12,14H2,1H3,(H2,30,31,33,35). The molecule has 8 nitrogen and oxygen atoms in total. The zero-order valence-electron chi connectivity index (χ0n) is 19.9. The summed E-state index contributed by atoms with van der Waals surface area (Å²) in [5, 5.41) is 15.7. The van der Waals surface area contributed by atoms with Crippen molar-refractivity contribution in [3.63, 3.8) is 0 Å². The van der Waals surface area contributed by atoms with Crippen molar-refractivity contribution in [1.82, 2.24) is 14.4 Å². The van der Waals surface area contributed by atoms with Gasteiger partial charge in [-0.15, -0.1) is 0 Å². The van der Waals surface area contributed by atoms with E-state index in [4.69, 9.17) is 9.72 Å². The highest BCUT2D eigenvalue weighted by Gasteiger charge is 2.45. The van der Waals surface area contributed by atoms with Crippen LogP contribution in [0.25, 0.3) is 5.65 Å². The molecule has 8 heteroatoms. The van der Waals surface area contributed by atoms with Gasteiger partial charge in [0.2, 0.25) is 5.91 Å². The van der Waals surface area contributed by atoms with Gasteiger partial charge in [0.25, 0.3) is 0 Å². The number of rotatable bonds is 8. The first-order valence-electron chi connectivity index (χ1n) is 12.2. The summed E-state index contributed by atoms with van der Waals surface area (Å²) in [5.74, 6) is 1.60. The van der Waals surface area contributed by atoms with E-state index in [1.54, 1.807) is 25.4 Å². The zero-order valence-corrected chi connectivity index (χ0v) is 19.9. The number of aromatic nitrogens is 3. The summed E-state index contributed by atoms with van der Waals surface area (Å²) in [7, 11) is 1.59. The van der Waals surface area contributed by atoms with Gasteiger partial charge < -0.3 is 19.8 Å². The molecule has 2 fully saturated rings. The van der Waals surface area contributed by atoms with Gasteiger partial charge >= 0.3 is 0 Å². The molecular formula is C28H26N6O2. The summed E-state index contributed by atoms with van der Waals surface area (Å²) in [4.78, 5) is 21.9. The lowest BCUT2D eigenvalue weighted by Gasteiger charge is -2.09. The van der Waals surface area contributed by atoms with Crippen molar-refractivity contribution < 1.29 is 9.53 Å². The molecule has 0 bridgehead atoms. The molecule has 1 aromatic carbocycles. The Morgan fingerprint density at radius 3 is 2.89 bits per heavy atom. The Balaban J connectivity index is 1.09. The third-order valence-electron chi connectivity index (χ3n) is 6.96. The van der Waals surface area contributed by atoms with Crippen LogP contribution in [0.5, 0.6) is 5.75 Å². The number of methoxy groups -OCH3 is 1. The van der Waals surface area contributed by atoms with Crippen molar-refractivity contribution in [1.29, 1.82) is 5.26 Å². The average molecular weight is 479 g/mol. The molecule has 3 heterocycles. The molecule has 2 unspecified atom stereocenters. The van der Waals surface area contributed by atoms with E-state index >= 15 is 0 Å². The van der Waals surface area contributed by atoms with Gasteiger partial charge in [-0.1, -0.05) is 6.07 Å². The van der Waals surface area contributed by atoms with Crippen LogP contribution in [0, 0.1) is 17.2 Å². The molecule has 0 spiro atoms. The molecule has 36 heavy (non-hydrogen) atoms. The fourth-order valence-corrected chi connectivity index (χ4v) is 4.73. The van der Waals surface area contributed by atoms with Crippen LogP contribution in [0.2, 0.25) is 0 Å². The van der Waals surface area contributed by atoms with Crippen LogP contribution in [0.3, 0.4) is 0 Å². The number of fused-ring (bicyclic) bond motifs is 1. The molecule has 2 saturated carbocycles. The van der Waals surface area contributed by atoms with Crippen molar-refractivity contribution in [2.75, 3.05) is 17.7 Å². The van der Waals surface area contributed by atoms with E-state index in [9.17, 15) is 10.1 Å². The topological polar surface area (TPSA) is 104 Å². The highest BCUT2D eigenvalue weighted by atomic mass is 16.5. The summed E-state index contributed by atoms with van der Waals surface area (Å²) >= 11 is 0. The van der Waals surface area contributed by atoms with Gasteiger partial charge in [-0.25, -0.2) is 9.97 Å². The molecule has 2 aliphatic rings. The molecule has 0 saturated heterocycles. The van der Waals surface area contributed by atoms with Crippen LogP contribution in [0.4, 0.5) is 11.5 Å². The molecule has 2 atom stereocenters. The summed E-state index contributed by atoms with van der Waals surface area (Å²) in [6, 6.07) is 15.5. The first kappa shape index (κ1) is 22.1.